The number of rotatable bonds is 0. The van der Waals surface area contributed by atoms with Crippen LogP contribution in [0, 0.1) is 5.41 Å². The summed E-state index contributed by atoms with van der Waals surface area (Å²) in [6, 6.07) is 0. The Kier molecular flexibility index (Phi) is 1.35. The summed E-state index contributed by atoms with van der Waals surface area (Å²) in [5.41, 5.74) is -1.17. The third-order valence-corrected chi connectivity index (χ3v) is 2.55. The molecule has 13 heavy (non-hydrogen) atoms. The fraction of sp³-hybridized carbons (Fsp3) is 0.778. The summed E-state index contributed by atoms with van der Waals surface area (Å²) in [4.78, 5) is 0. The van der Waals surface area contributed by atoms with Crippen molar-refractivity contribution in [3.63, 3.8) is 0 Å². The van der Waals surface area contributed by atoms with Gasteiger partial charge < -0.3 is 0 Å². The Hall–Kier alpha value is -1.06. The fourth-order valence-electron chi connectivity index (χ4n) is 1.35. The molecule has 0 saturated heterocycles. The van der Waals surface area contributed by atoms with Crippen molar-refractivity contribution >= 4 is 0 Å². The summed E-state index contributed by atoms with van der Waals surface area (Å²) in [6.45, 7) is 8.15. The predicted molar refractivity (Wildman–Crippen MR) is 49.4 cm³/mol. The molecule has 3 heterocycles. The van der Waals surface area contributed by atoms with Crippen molar-refractivity contribution in [3.8, 4) is 0 Å². The summed E-state index contributed by atoms with van der Waals surface area (Å²) in [6.07, 6.45) is 3.98. The van der Waals surface area contributed by atoms with E-state index in [4.69, 9.17) is 0 Å². The van der Waals surface area contributed by atoms with Crippen LogP contribution in [0.3, 0.4) is 0 Å². The lowest BCUT2D eigenvalue weighted by Crippen LogP contribution is -2.43. The van der Waals surface area contributed by atoms with Gasteiger partial charge in [-0.3, -0.25) is 0 Å². The van der Waals surface area contributed by atoms with Gasteiger partial charge in [-0.15, -0.1) is 0 Å². The average molecular weight is 178 g/mol. The molecule has 0 aromatic rings. The van der Waals surface area contributed by atoms with Gasteiger partial charge in [0, 0.05) is 5.41 Å². The first-order chi connectivity index (χ1) is 5.87. The van der Waals surface area contributed by atoms with Gasteiger partial charge in [0.2, 0.25) is 11.3 Å². The highest BCUT2D eigenvalue weighted by Crippen LogP contribution is 2.44. The normalized spacial score (nSPS) is 41.5. The van der Waals surface area contributed by atoms with Crippen LogP contribution in [-0.2, 0) is 0 Å². The summed E-state index contributed by atoms with van der Waals surface area (Å²) in [7, 11) is 0. The molecule has 0 saturated carbocycles. The van der Waals surface area contributed by atoms with Crippen LogP contribution in [0.15, 0.2) is 32.6 Å². The maximum absolute atomic E-state index is 4.25. The molecule has 3 aliphatic heterocycles. The quantitative estimate of drug-likeness (QED) is 0.512. The number of nitrogens with zero attached hydrogens (tertiary/aromatic N) is 4. The summed E-state index contributed by atoms with van der Waals surface area (Å²) >= 11 is 0. The van der Waals surface area contributed by atoms with Gasteiger partial charge in [-0.05, 0) is 19.1 Å². The molecule has 2 bridgehead atoms. The van der Waals surface area contributed by atoms with E-state index in [-0.39, 0.29) is 5.41 Å². The highest BCUT2D eigenvalue weighted by Gasteiger charge is 2.47. The fourth-order valence-corrected chi connectivity index (χ4v) is 1.35. The van der Waals surface area contributed by atoms with E-state index in [9.17, 15) is 0 Å². The van der Waals surface area contributed by atoms with Gasteiger partial charge in [0.05, 0.1) is 0 Å². The second-order valence-electron chi connectivity index (χ2n) is 4.80. The topological polar surface area (TPSA) is 49.4 Å². The third-order valence-electron chi connectivity index (χ3n) is 2.55. The zero-order chi connectivity index (χ0) is 9.74. The molecule has 0 N–H and O–H groups in total. The molecule has 0 radical (unpaired) electrons. The molecule has 70 valence electrons. The van der Waals surface area contributed by atoms with Crippen LogP contribution in [0.1, 0.15) is 27.7 Å². The van der Waals surface area contributed by atoms with Gasteiger partial charge in [-0.25, -0.2) is 0 Å². The first kappa shape index (κ1) is 8.53. The predicted octanol–water partition coefficient (Wildman–Crippen LogP) is 2.93. The number of azo groups is 2. The molecule has 0 amide bonds. The van der Waals surface area contributed by atoms with E-state index in [1.165, 1.54) is 0 Å². The number of hydrogen-bond donors (Lipinski definition) is 0. The maximum Gasteiger partial charge on any atom is 0.213 e. The van der Waals surface area contributed by atoms with E-state index in [0.717, 1.165) is 0 Å². The molecule has 0 aromatic heterocycles. The minimum absolute atomic E-state index is 0.0712. The summed E-state index contributed by atoms with van der Waals surface area (Å²) in [5, 5.41) is 16.8. The maximum atomic E-state index is 4.25. The Morgan fingerprint density at radius 1 is 0.923 bits per heavy atom. The smallest absolute Gasteiger partial charge is 0.154 e. The monoisotopic (exact) mass is 178 g/mol. The highest BCUT2D eigenvalue weighted by atomic mass is 15.5. The standard InChI is InChI=1S/C9H14N4/c1-7(2,3)9-6-5-8(4,10-12-9)11-13-9/h5-6H,1-4H3. The van der Waals surface area contributed by atoms with E-state index in [1.807, 2.05) is 19.1 Å². The lowest BCUT2D eigenvalue weighted by molar-refractivity contribution is 0.190. The van der Waals surface area contributed by atoms with E-state index in [2.05, 4.69) is 41.2 Å². The molecular weight excluding hydrogens is 164 g/mol. The van der Waals surface area contributed by atoms with Crippen LogP contribution in [-0.4, -0.2) is 11.3 Å². The molecule has 4 heteroatoms. The van der Waals surface area contributed by atoms with Gasteiger partial charge >= 0.3 is 0 Å². The van der Waals surface area contributed by atoms with Crippen LogP contribution < -0.4 is 0 Å². The largest absolute Gasteiger partial charge is 0.213 e. The second-order valence-corrected chi connectivity index (χ2v) is 4.80. The van der Waals surface area contributed by atoms with E-state index in [0.29, 0.717) is 0 Å². The number of hydrogen-bond acceptors (Lipinski definition) is 4. The van der Waals surface area contributed by atoms with Crippen LogP contribution >= 0.6 is 0 Å². The Balaban J connectivity index is 2.46. The van der Waals surface area contributed by atoms with Gasteiger partial charge in [0.1, 0.15) is 0 Å². The molecule has 0 spiro atoms. The lowest BCUT2D eigenvalue weighted by atomic mass is 9.79. The van der Waals surface area contributed by atoms with Crippen molar-refractivity contribution in [2.75, 3.05) is 0 Å². The minimum Gasteiger partial charge on any atom is -0.154 e. The SMILES string of the molecule is CC12C=CC(C(C)(C)C)(N=N1)N=N2. The van der Waals surface area contributed by atoms with E-state index >= 15 is 0 Å². The van der Waals surface area contributed by atoms with Gasteiger partial charge in [-0.2, -0.15) is 20.5 Å². The van der Waals surface area contributed by atoms with Gasteiger partial charge in [0.15, 0.2) is 0 Å². The molecule has 0 fully saturated rings. The van der Waals surface area contributed by atoms with Crippen LogP contribution in [0.2, 0.25) is 0 Å². The van der Waals surface area contributed by atoms with Gasteiger partial charge in [0.25, 0.3) is 0 Å². The molecular formula is C9H14N4. The molecule has 0 aromatic carbocycles. The Morgan fingerprint density at radius 3 is 1.77 bits per heavy atom. The zero-order valence-electron chi connectivity index (χ0n) is 8.44. The lowest BCUT2D eigenvalue weighted by Gasteiger charge is -2.40. The van der Waals surface area contributed by atoms with Crippen LogP contribution in [0.25, 0.3) is 0 Å². The van der Waals surface area contributed by atoms with Crippen molar-refractivity contribution in [2.45, 2.75) is 39.0 Å². The summed E-state index contributed by atoms with van der Waals surface area (Å²) < 4.78 is 0. The molecule has 3 rings (SSSR count). The molecule has 3 aliphatic rings. The summed E-state index contributed by atoms with van der Waals surface area (Å²) in [5.74, 6) is 0. The first-order valence-electron chi connectivity index (χ1n) is 4.46. The van der Waals surface area contributed by atoms with Crippen LogP contribution in [0.5, 0.6) is 0 Å². The van der Waals surface area contributed by atoms with Crippen molar-refractivity contribution in [1.82, 2.24) is 0 Å². The van der Waals surface area contributed by atoms with Crippen molar-refractivity contribution < 1.29 is 0 Å². The van der Waals surface area contributed by atoms with Crippen molar-refractivity contribution in [3.05, 3.63) is 12.2 Å². The first-order valence-corrected chi connectivity index (χ1v) is 4.46. The van der Waals surface area contributed by atoms with E-state index in [1.54, 1.807) is 0 Å². The highest BCUT2D eigenvalue weighted by molar-refractivity contribution is 5.21. The molecule has 0 atom stereocenters. The minimum atomic E-state index is -0.565. The Bertz CT molecular complexity index is 280. The average Bonchev–Trinajstić information content (AvgIpc) is 2.04. The van der Waals surface area contributed by atoms with Crippen molar-refractivity contribution in [2.24, 2.45) is 25.9 Å². The third kappa shape index (κ3) is 1.04. The van der Waals surface area contributed by atoms with Crippen LogP contribution in [0.4, 0.5) is 0 Å². The van der Waals surface area contributed by atoms with E-state index < -0.39 is 11.3 Å². The zero-order valence-corrected chi connectivity index (χ0v) is 8.44. The molecule has 0 unspecified atom stereocenters. The molecule has 4 nitrogen and oxygen atoms in total. The van der Waals surface area contributed by atoms with Gasteiger partial charge in [-0.1, -0.05) is 20.8 Å². The Labute approximate surface area is 77.9 Å². The van der Waals surface area contributed by atoms with Crippen molar-refractivity contribution in [1.29, 1.82) is 0 Å². The second kappa shape index (κ2) is 2.05. The Morgan fingerprint density at radius 2 is 1.46 bits per heavy atom. The molecule has 0 aliphatic carbocycles.